The first-order valence-electron chi connectivity index (χ1n) is 6.19. The van der Waals surface area contributed by atoms with Gasteiger partial charge in [0.05, 0.1) is 10.9 Å². The maximum Gasteiger partial charge on any atom is 0.266 e. The zero-order valence-electron chi connectivity index (χ0n) is 11.0. The van der Waals surface area contributed by atoms with E-state index in [9.17, 15) is 13.6 Å². The first-order chi connectivity index (χ1) is 9.99. The van der Waals surface area contributed by atoms with Gasteiger partial charge in [-0.3, -0.25) is 4.79 Å². The van der Waals surface area contributed by atoms with Crippen molar-refractivity contribution in [3.63, 3.8) is 0 Å². The molecule has 0 bridgehead atoms. The molecule has 3 aromatic rings. The first kappa shape index (κ1) is 13.6. The standard InChI is InChI=1S/C15H10F2N2OS/c1-8-5-6-12-9(7-8)14(20)19(15(21)18-12)13-10(16)3-2-4-11(13)17/h2-7H,1H3,(H,18,21). The number of hydrogen-bond donors (Lipinski definition) is 1. The van der Waals surface area contributed by atoms with Crippen molar-refractivity contribution in [1.82, 2.24) is 9.55 Å². The summed E-state index contributed by atoms with van der Waals surface area (Å²) in [5, 5.41) is 0.325. The number of hydrogen-bond acceptors (Lipinski definition) is 2. The number of para-hydroxylation sites is 1. The van der Waals surface area contributed by atoms with E-state index in [0.29, 0.717) is 10.9 Å². The van der Waals surface area contributed by atoms with Crippen LogP contribution in [0, 0.1) is 23.3 Å². The van der Waals surface area contributed by atoms with E-state index in [2.05, 4.69) is 4.98 Å². The van der Waals surface area contributed by atoms with Gasteiger partial charge in [-0.25, -0.2) is 13.3 Å². The molecule has 21 heavy (non-hydrogen) atoms. The Balaban J connectivity index is 2.49. The van der Waals surface area contributed by atoms with Gasteiger partial charge in [-0.05, 0) is 43.4 Å². The maximum atomic E-state index is 13.9. The number of benzene rings is 2. The van der Waals surface area contributed by atoms with Crippen molar-refractivity contribution in [2.45, 2.75) is 6.92 Å². The Morgan fingerprint density at radius 2 is 1.81 bits per heavy atom. The zero-order valence-corrected chi connectivity index (χ0v) is 11.8. The third kappa shape index (κ3) is 2.17. The minimum atomic E-state index is -0.844. The number of nitrogens with zero attached hydrogens (tertiary/aromatic N) is 1. The van der Waals surface area contributed by atoms with E-state index in [4.69, 9.17) is 12.2 Å². The Hall–Kier alpha value is -2.34. The van der Waals surface area contributed by atoms with Gasteiger partial charge in [0.1, 0.15) is 17.3 Å². The van der Waals surface area contributed by atoms with Crippen LogP contribution in [0.3, 0.4) is 0 Å². The zero-order chi connectivity index (χ0) is 15.1. The van der Waals surface area contributed by atoms with E-state index >= 15 is 0 Å². The maximum absolute atomic E-state index is 13.9. The van der Waals surface area contributed by atoms with Gasteiger partial charge in [0, 0.05) is 0 Å². The molecule has 1 heterocycles. The molecule has 0 radical (unpaired) electrons. The summed E-state index contributed by atoms with van der Waals surface area (Å²) < 4.78 is 28.6. The van der Waals surface area contributed by atoms with E-state index in [1.54, 1.807) is 12.1 Å². The Labute approximate surface area is 123 Å². The van der Waals surface area contributed by atoms with Crippen molar-refractivity contribution in [2.24, 2.45) is 0 Å². The van der Waals surface area contributed by atoms with Gasteiger partial charge < -0.3 is 4.98 Å². The average molecular weight is 304 g/mol. The topological polar surface area (TPSA) is 37.8 Å². The van der Waals surface area contributed by atoms with Gasteiger partial charge in [0.25, 0.3) is 5.56 Å². The van der Waals surface area contributed by atoms with E-state index in [1.807, 2.05) is 13.0 Å². The van der Waals surface area contributed by atoms with E-state index in [0.717, 1.165) is 22.3 Å². The fraction of sp³-hybridized carbons (Fsp3) is 0.0667. The van der Waals surface area contributed by atoms with Gasteiger partial charge >= 0.3 is 0 Å². The quantitative estimate of drug-likeness (QED) is 0.697. The predicted octanol–water partition coefficient (Wildman–Crippen LogP) is 3.63. The van der Waals surface area contributed by atoms with Crippen LogP contribution in [0.1, 0.15) is 5.56 Å². The molecule has 0 saturated carbocycles. The van der Waals surface area contributed by atoms with Crippen molar-refractivity contribution in [2.75, 3.05) is 0 Å². The molecule has 0 aliphatic heterocycles. The van der Waals surface area contributed by atoms with Crippen molar-refractivity contribution < 1.29 is 8.78 Å². The van der Waals surface area contributed by atoms with E-state index < -0.39 is 22.9 Å². The summed E-state index contributed by atoms with van der Waals surface area (Å²) in [5.41, 5.74) is 0.378. The van der Waals surface area contributed by atoms with Crippen LogP contribution < -0.4 is 5.56 Å². The van der Waals surface area contributed by atoms with Crippen molar-refractivity contribution in [1.29, 1.82) is 0 Å². The molecule has 0 amide bonds. The SMILES string of the molecule is Cc1ccc2[nH]c(=S)n(-c3c(F)cccc3F)c(=O)c2c1. The van der Waals surface area contributed by atoms with Crippen LogP contribution >= 0.6 is 12.2 Å². The number of aromatic nitrogens is 2. The molecule has 6 heteroatoms. The summed E-state index contributed by atoms with van der Waals surface area (Å²) >= 11 is 5.08. The second kappa shape index (κ2) is 4.89. The molecule has 0 aliphatic rings. The number of aromatic amines is 1. The number of rotatable bonds is 1. The summed E-state index contributed by atoms with van der Waals surface area (Å²) in [7, 11) is 0. The lowest BCUT2D eigenvalue weighted by atomic mass is 10.1. The third-order valence-electron chi connectivity index (χ3n) is 3.21. The lowest BCUT2D eigenvalue weighted by molar-refractivity contribution is 0.565. The smallest absolute Gasteiger partial charge is 0.266 e. The Morgan fingerprint density at radius 1 is 1.14 bits per heavy atom. The summed E-state index contributed by atoms with van der Waals surface area (Å²) in [6.07, 6.45) is 0. The monoisotopic (exact) mass is 304 g/mol. The van der Waals surface area contributed by atoms with Crippen LogP contribution in [-0.2, 0) is 0 Å². The van der Waals surface area contributed by atoms with Crippen LogP contribution in [0.5, 0.6) is 0 Å². The highest BCUT2D eigenvalue weighted by Gasteiger charge is 2.15. The van der Waals surface area contributed by atoms with Crippen molar-refractivity contribution in [3.8, 4) is 5.69 Å². The average Bonchev–Trinajstić information content (AvgIpc) is 2.43. The molecule has 1 N–H and O–H groups in total. The second-order valence-electron chi connectivity index (χ2n) is 4.69. The number of fused-ring (bicyclic) bond motifs is 1. The Kier molecular flexibility index (Phi) is 3.17. The van der Waals surface area contributed by atoms with Crippen molar-refractivity contribution >= 4 is 23.1 Å². The molecule has 1 aromatic heterocycles. The summed E-state index contributed by atoms with van der Waals surface area (Å²) in [6, 6.07) is 8.58. The largest absolute Gasteiger partial charge is 0.331 e. The predicted molar refractivity (Wildman–Crippen MR) is 79.4 cm³/mol. The molecule has 3 nitrogen and oxygen atoms in total. The molecular formula is C15H10F2N2OS. The fourth-order valence-corrected chi connectivity index (χ4v) is 2.52. The number of aryl methyl sites for hydroxylation is 1. The lowest BCUT2D eigenvalue weighted by Crippen LogP contribution is -2.22. The third-order valence-corrected chi connectivity index (χ3v) is 3.50. The Bertz CT molecular complexity index is 955. The summed E-state index contributed by atoms with van der Waals surface area (Å²) in [6.45, 7) is 1.83. The highest BCUT2D eigenvalue weighted by molar-refractivity contribution is 7.71. The number of halogens is 2. The molecule has 3 rings (SSSR count). The molecular weight excluding hydrogens is 294 g/mol. The molecule has 0 aliphatic carbocycles. The minimum Gasteiger partial charge on any atom is -0.331 e. The Morgan fingerprint density at radius 3 is 2.48 bits per heavy atom. The molecule has 2 aromatic carbocycles. The van der Waals surface area contributed by atoms with Crippen LogP contribution in [0.2, 0.25) is 0 Å². The fourth-order valence-electron chi connectivity index (χ4n) is 2.23. The first-order valence-corrected chi connectivity index (χ1v) is 6.60. The number of H-pyrrole nitrogens is 1. The van der Waals surface area contributed by atoms with Gasteiger partial charge in [0.2, 0.25) is 0 Å². The van der Waals surface area contributed by atoms with Crippen LogP contribution in [0.15, 0.2) is 41.2 Å². The lowest BCUT2D eigenvalue weighted by Gasteiger charge is -2.10. The highest BCUT2D eigenvalue weighted by atomic mass is 32.1. The normalized spacial score (nSPS) is 11.0. The molecule has 0 unspecified atom stereocenters. The highest BCUT2D eigenvalue weighted by Crippen LogP contribution is 2.18. The van der Waals surface area contributed by atoms with Gasteiger partial charge in [0.15, 0.2) is 4.77 Å². The molecule has 106 valence electrons. The van der Waals surface area contributed by atoms with Crippen LogP contribution in [-0.4, -0.2) is 9.55 Å². The second-order valence-corrected chi connectivity index (χ2v) is 5.08. The van der Waals surface area contributed by atoms with E-state index in [-0.39, 0.29) is 4.77 Å². The molecule has 0 spiro atoms. The molecule has 0 fully saturated rings. The number of nitrogens with one attached hydrogen (secondary N) is 1. The molecule has 0 atom stereocenters. The van der Waals surface area contributed by atoms with E-state index in [1.165, 1.54) is 6.07 Å². The summed E-state index contributed by atoms with van der Waals surface area (Å²) in [4.78, 5) is 15.4. The van der Waals surface area contributed by atoms with Gasteiger partial charge in [-0.15, -0.1) is 0 Å². The molecule has 0 saturated heterocycles. The summed E-state index contributed by atoms with van der Waals surface area (Å²) in [5.74, 6) is -1.69. The minimum absolute atomic E-state index is 0.0552. The van der Waals surface area contributed by atoms with Crippen LogP contribution in [0.4, 0.5) is 8.78 Å². The van der Waals surface area contributed by atoms with Gasteiger partial charge in [-0.1, -0.05) is 17.7 Å². The van der Waals surface area contributed by atoms with Crippen molar-refractivity contribution in [3.05, 3.63) is 68.7 Å². The van der Waals surface area contributed by atoms with Crippen LogP contribution in [0.25, 0.3) is 16.6 Å². The van der Waals surface area contributed by atoms with Gasteiger partial charge in [-0.2, -0.15) is 0 Å².